The van der Waals surface area contributed by atoms with Crippen LogP contribution in [0.5, 0.6) is 5.75 Å². The molecule has 1 aromatic rings. The van der Waals surface area contributed by atoms with Crippen LogP contribution < -0.4 is 4.74 Å². The van der Waals surface area contributed by atoms with Gasteiger partial charge in [0.15, 0.2) is 5.78 Å². The van der Waals surface area contributed by atoms with Crippen molar-refractivity contribution in [2.75, 3.05) is 0 Å². The van der Waals surface area contributed by atoms with Crippen LogP contribution >= 0.6 is 0 Å². The molecule has 0 heterocycles. The lowest BCUT2D eigenvalue weighted by atomic mass is 9.71. The summed E-state index contributed by atoms with van der Waals surface area (Å²) in [6, 6.07) is 7.36. The average molecular weight is 272 g/mol. The summed E-state index contributed by atoms with van der Waals surface area (Å²) >= 11 is 0. The molecule has 0 amide bonds. The van der Waals surface area contributed by atoms with E-state index in [1.54, 1.807) is 12.1 Å². The van der Waals surface area contributed by atoms with E-state index >= 15 is 0 Å². The first-order valence-electron chi connectivity index (χ1n) is 7.20. The van der Waals surface area contributed by atoms with Crippen LogP contribution in [0.1, 0.15) is 38.7 Å². The van der Waals surface area contributed by atoms with E-state index < -0.39 is 5.41 Å². The zero-order valence-electron chi connectivity index (χ0n) is 12.2. The highest BCUT2D eigenvalue weighted by molar-refractivity contribution is 6.09. The van der Waals surface area contributed by atoms with E-state index in [9.17, 15) is 9.59 Å². The lowest BCUT2D eigenvalue weighted by Crippen LogP contribution is -2.43. The fraction of sp³-hybridized carbons (Fsp3) is 0.529. The van der Waals surface area contributed by atoms with Crippen LogP contribution in [0.2, 0.25) is 0 Å². The van der Waals surface area contributed by atoms with E-state index in [0.717, 1.165) is 12.0 Å². The van der Waals surface area contributed by atoms with E-state index in [-0.39, 0.29) is 17.2 Å². The van der Waals surface area contributed by atoms with Gasteiger partial charge < -0.3 is 4.74 Å². The third kappa shape index (κ3) is 1.72. The van der Waals surface area contributed by atoms with E-state index in [1.165, 1.54) is 0 Å². The van der Waals surface area contributed by atoms with Gasteiger partial charge in [-0.25, -0.2) is 0 Å². The molecule has 106 valence electrons. The number of hydrogen-bond donors (Lipinski definition) is 0. The number of Topliss-reactive ketones (excluding diaryl/α,β-unsaturated/α-hetero) is 1. The Hall–Kier alpha value is -1.64. The molecule has 3 heteroatoms. The molecule has 0 aromatic heterocycles. The molecule has 2 aliphatic carbocycles. The lowest BCUT2D eigenvalue weighted by Gasteiger charge is -2.31. The molecule has 0 aliphatic heterocycles. The standard InChI is InChI=1S/C17H20O3/c1-11-4-6-13(7-5-11)20-15(19)17-9-8-12(10-17)16(2,3)14(17)18/h4-7,12H,8-10H2,1-3H3. The molecular weight excluding hydrogens is 252 g/mol. The number of ether oxygens (including phenoxy) is 1. The number of carbonyl (C=O) groups is 2. The highest BCUT2D eigenvalue weighted by Gasteiger charge is 2.66. The molecule has 2 bridgehead atoms. The number of ketones is 1. The molecule has 2 fully saturated rings. The first kappa shape index (κ1) is 13.3. The molecule has 0 spiro atoms. The minimum Gasteiger partial charge on any atom is -0.426 e. The maximum atomic E-state index is 12.6. The summed E-state index contributed by atoms with van der Waals surface area (Å²) in [4.78, 5) is 25.1. The second-order valence-corrected chi connectivity index (χ2v) is 6.78. The fourth-order valence-electron chi connectivity index (χ4n) is 3.76. The van der Waals surface area contributed by atoms with Crippen molar-refractivity contribution in [2.45, 2.75) is 40.0 Å². The van der Waals surface area contributed by atoms with Gasteiger partial charge in [0, 0.05) is 5.41 Å². The highest BCUT2D eigenvalue weighted by Crippen LogP contribution is 2.60. The van der Waals surface area contributed by atoms with Gasteiger partial charge in [-0.05, 0) is 44.2 Å². The van der Waals surface area contributed by atoms with Gasteiger partial charge in [-0.15, -0.1) is 0 Å². The van der Waals surface area contributed by atoms with Gasteiger partial charge in [0.2, 0.25) is 0 Å². The Bertz CT molecular complexity index is 570. The quantitative estimate of drug-likeness (QED) is 0.471. The van der Waals surface area contributed by atoms with Gasteiger partial charge in [-0.1, -0.05) is 31.5 Å². The smallest absolute Gasteiger partial charge is 0.325 e. The summed E-state index contributed by atoms with van der Waals surface area (Å²) in [5.41, 5.74) is -0.161. The molecule has 2 unspecified atom stereocenters. The lowest BCUT2D eigenvalue weighted by molar-refractivity contribution is -0.153. The van der Waals surface area contributed by atoms with Gasteiger partial charge in [0.1, 0.15) is 11.2 Å². The Kier molecular flexibility index (Phi) is 2.79. The Morgan fingerprint density at radius 2 is 1.90 bits per heavy atom. The predicted octanol–water partition coefficient (Wildman–Crippen LogP) is 3.30. The van der Waals surface area contributed by atoms with E-state index in [0.29, 0.717) is 24.5 Å². The Morgan fingerprint density at radius 1 is 1.25 bits per heavy atom. The van der Waals surface area contributed by atoms with Crippen LogP contribution in [0.4, 0.5) is 0 Å². The molecule has 3 nitrogen and oxygen atoms in total. The monoisotopic (exact) mass is 272 g/mol. The molecule has 2 atom stereocenters. The minimum absolute atomic E-state index is 0.0679. The van der Waals surface area contributed by atoms with E-state index in [1.807, 2.05) is 32.9 Å². The topological polar surface area (TPSA) is 43.4 Å². The SMILES string of the molecule is Cc1ccc(OC(=O)C23CCC(C2)C(C)(C)C3=O)cc1. The van der Waals surface area contributed by atoms with Gasteiger partial charge in [0.25, 0.3) is 0 Å². The number of benzene rings is 1. The second-order valence-electron chi connectivity index (χ2n) is 6.78. The predicted molar refractivity (Wildman–Crippen MR) is 75.4 cm³/mol. The molecule has 3 rings (SSSR count). The first-order chi connectivity index (χ1) is 9.36. The van der Waals surface area contributed by atoms with Crippen molar-refractivity contribution in [3.05, 3.63) is 29.8 Å². The number of aryl methyl sites for hydroxylation is 1. The summed E-state index contributed by atoms with van der Waals surface area (Å²) in [5, 5.41) is 0. The van der Waals surface area contributed by atoms with Gasteiger partial charge >= 0.3 is 5.97 Å². The van der Waals surface area contributed by atoms with Crippen LogP contribution in [-0.4, -0.2) is 11.8 Å². The Morgan fingerprint density at radius 3 is 2.45 bits per heavy atom. The van der Waals surface area contributed by atoms with Crippen molar-refractivity contribution in [3.63, 3.8) is 0 Å². The van der Waals surface area contributed by atoms with Gasteiger partial charge in [0.05, 0.1) is 0 Å². The summed E-state index contributed by atoms with van der Waals surface area (Å²) in [7, 11) is 0. The maximum Gasteiger partial charge on any atom is 0.325 e. The fourth-order valence-corrected chi connectivity index (χ4v) is 3.76. The van der Waals surface area contributed by atoms with Crippen molar-refractivity contribution < 1.29 is 14.3 Å². The summed E-state index contributed by atoms with van der Waals surface area (Å²) < 4.78 is 5.48. The maximum absolute atomic E-state index is 12.6. The van der Waals surface area contributed by atoms with Gasteiger partial charge in [-0.2, -0.15) is 0 Å². The van der Waals surface area contributed by atoms with Gasteiger partial charge in [-0.3, -0.25) is 9.59 Å². The zero-order valence-corrected chi connectivity index (χ0v) is 12.2. The van der Waals surface area contributed by atoms with Crippen LogP contribution in [0.25, 0.3) is 0 Å². The second kappa shape index (κ2) is 4.18. The van der Waals surface area contributed by atoms with E-state index in [2.05, 4.69) is 0 Å². The molecule has 1 aromatic carbocycles. The molecule has 2 saturated carbocycles. The zero-order chi connectivity index (χ0) is 14.5. The summed E-state index contributed by atoms with van der Waals surface area (Å²) in [6.45, 7) is 5.90. The van der Waals surface area contributed by atoms with Crippen molar-refractivity contribution in [2.24, 2.45) is 16.7 Å². The van der Waals surface area contributed by atoms with Crippen molar-refractivity contribution in [1.82, 2.24) is 0 Å². The van der Waals surface area contributed by atoms with Crippen molar-refractivity contribution in [1.29, 1.82) is 0 Å². The largest absolute Gasteiger partial charge is 0.426 e. The number of fused-ring (bicyclic) bond motifs is 2. The molecule has 0 saturated heterocycles. The summed E-state index contributed by atoms with van der Waals surface area (Å²) in [5.74, 6) is 0.550. The number of esters is 1. The molecule has 2 aliphatic rings. The van der Waals surface area contributed by atoms with E-state index in [4.69, 9.17) is 4.74 Å². The van der Waals surface area contributed by atoms with Crippen molar-refractivity contribution in [3.8, 4) is 5.75 Å². The van der Waals surface area contributed by atoms with Crippen molar-refractivity contribution >= 4 is 11.8 Å². The number of rotatable bonds is 2. The van der Waals surface area contributed by atoms with Crippen LogP contribution in [0.15, 0.2) is 24.3 Å². The number of carbonyl (C=O) groups excluding carboxylic acids is 2. The Labute approximate surface area is 119 Å². The average Bonchev–Trinajstić information content (AvgIpc) is 2.93. The highest BCUT2D eigenvalue weighted by atomic mass is 16.5. The first-order valence-corrected chi connectivity index (χ1v) is 7.20. The van der Waals surface area contributed by atoms with Crippen LogP contribution in [0.3, 0.4) is 0 Å². The van der Waals surface area contributed by atoms with Crippen LogP contribution in [0, 0.1) is 23.7 Å². The summed E-state index contributed by atoms with van der Waals surface area (Å²) in [6.07, 6.45) is 2.25. The molecule has 0 radical (unpaired) electrons. The minimum atomic E-state index is -0.890. The molecule has 0 N–H and O–H groups in total. The molecular formula is C17H20O3. The number of hydrogen-bond acceptors (Lipinski definition) is 3. The third-order valence-corrected chi connectivity index (χ3v) is 5.18. The normalized spacial score (nSPS) is 30.6. The molecule has 20 heavy (non-hydrogen) atoms. The van der Waals surface area contributed by atoms with Crippen LogP contribution in [-0.2, 0) is 9.59 Å². The Balaban J connectivity index is 1.84. The third-order valence-electron chi connectivity index (χ3n) is 5.18.